The molecule has 3 aromatic rings. The number of ether oxygens (including phenoxy) is 3. The number of amidine groups is 1. The normalized spacial score (nSPS) is 14.9. The van der Waals surface area contributed by atoms with Gasteiger partial charge in [0.1, 0.15) is 5.75 Å². The van der Waals surface area contributed by atoms with Crippen molar-refractivity contribution < 1.29 is 23.8 Å². The fraction of sp³-hybridized carbons (Fsp3) is 0.148. The summed E-state index contributed by atoms with van der Waals surface area (Å²) in [6.45, 7) is 2.05. The molecule has 0 radical (unpaired) electrons. The summed E-state index contributed by atoms with van der Waals surface area (Å²) in [4.78, 5) is 29.9. The zero-order chi connectivity index (χ0) is 26.2. The van der Waals surface area contributed by atoms with Gasteiger partial charge < -0.3 is 24.8 Å². The first kappa shape index (κ1) is 26.3. The molecule has 1 heterocycles. The van der Waals surface area contributed by atoms with E-state index in [9.17, 15) is 9.59 Å². The minimum Gasteiger partial charge on any atom is -0.497 e. The maximum atomic E-state index is 12.6. The van der Waals surface area contributed by atoms with E-state index in [0.29, 0.717) is 44.0 Å². The highest BCUT2D eigenvalue weighted by Gasteiger charge is 2.24. The smallest absolute Gasteiger partial charge is 0.264 e. The summed E-state index contributed by atoms with van der Waals surface area (Å²) in [6.07, 6.45) is 1.75. The molecule has 2 N–H and O–H groups in total. The Bertz CT molecular complexity index is 1340. The van der Waals surface area contributed by atoms with E-state index in [0.717, 1.165) is 11.3 Å². The number of amides is 2. The molecule has 1 fully saturated rings. The van der Waals surface area contributed by atoms with Gasteiger partial charge in [-0.25, -0.2) is 4.99 Å². The quantitative estimate of drug-likeness (QED) is 0.311. The fourth-order valence-electron chi connectivity index (χ4n) is 3.34. The number of carbonyl (C=O) groups excluding carboxylic acids is 2. The number of hydrogen-bond donors (Lipinski definition) is 2. The predicted octanol–water partition coefficient (Wildman–Crippen LogP) is 5.77. The molecule has 4 rings (SSSR count). The Morgan fingerprint density at radius 2 is 1.86 bits per heavy atom. The van der Waals surface area contributed by atoms with Gasteiger partial charge in [-0.3, -0.25) is 9.59 Å². The lowest BCUT2D eigenvalue weighted by atomic mass is 10.2. The van der Waals surface area contributed by atoms with E-state index in [2.05, 4.69) is 31.6 Å². The number of benzene rings is 3. The van der Waals surface area contributed by atoms with Crippen LogP contribution in [0.1, 0.15) is 12.5 Å². The first-order chi connectivity index (χ1) is 17.9. The zero-order valence-electron chi connectivity index (χ0n) is 20.1. The Morgan fingerprint density at radius 1 is 1.11 bits per heavy atom. The van der Waals surface area contributed by atoms with Crippen LogP contribution in [0.5, 0.6) is 17.2 Å². The molecule has 190 valence electrons. The minimum absolute atomic E-state index is 0.197. The Morgan fingerprint density at radius 3 is 2.57 bits per heavy atom. The number of rotatable bonds is 9. The molecule has 2 amide bonds. The number of aliphatic imine (C=N–C) groups is 1. The predicted molar refractivity (Wildman–Crippen MR) is 150 cm³/mol. The summed E-state index contributed by atoms with van der Waals surface area (Å²) in [5.74, 6) is 1.04. The third kappa shape index (κ3) is 7.14. The fourth-order valence-corrected chi connectivity index (χ4v) is 4.75. The number of anilines is 1. The van der Waals surface area contributed by atoms with E-state index in [1.807, 2.05) is 37.3 Å². The van der Waals surface area contributed by atoms with Crippen LogP contribution < -0.4 is 24.8 Å². The van der Waals surface area contributed by atoms with Crippen LogP contribution >= 0.6 is 27.7 Å². The van der Waals surface area contributed by atoms with E-state index < -0.39 is 0 Å². The molecule has 0 aromatic heterocycles. The largest absolute Gasteiger partial charge is 0.497 e. The van der Waals surface area contributed by atoms with Gasteiger partial charge in [-0.1, -0.05) is 18.2 Å². The van der Waals surface area contributed by atoms with Crippen molar-refractivity contribution in [1.29, 1.82) is 0 Å². The van der Waals surface area contributed by atoms with Crippen LogP contribution in [0.25, 0.3) is 6.08 Å². The number of methoxy groups -OCH3 is 1. The highest BCUT2D eigenvalue weighted by Crippen LogP contribution is 2.38. The SMILES string of the molecule is CCOc1cc(/C=C2/SC(=Nc3ccc(OC)cc3)NC2=O)cc(Br)c1OCC(=O)Nc1ccccc1. The van der Waals surface area contributed by atoms with Gasteiger partial charge in [-0.05, 0) is 94.8 Å². The Hall–Kier alpha value is -3.76. The molecule has 37 heavy (non-hydrogen) atoms. The maximum Gasteiger partial charge on any atom is 0.264 e. The second-order valence-corrected chi connectivity index (χ2v) is 9.53. The molecule has 0 aliphatic carbocycles. The van der Waals surface area contributed by atoms with Gasteiger partial charge in [0.05, 0.1) is 28.8 Å². The first-order valence-electron chi connectivity index (χ1n) is 11.3. The van der Waals surface area contributed by atoms with Crippen LogP contribution in [0.4, 0.5) is 11.4 Å². The van der Waals surface area contributed by atoms with Crippen LogP contribution in [0.2, 0.25) is 0 Å². The van der Waals surface area contributed by atoms with Crippen molar-refractivity contribution in [2.24, 2.45) is 4.99 Å². The summed E-state index contributed by atoms with van der Waals surface area (Å²) in [6, 6.07) is 19.9. The lowest BCUT2D eigenvalue weighted by molar-refractivity contribution is -0.118. The molecule has 0 atom stereocenters. The van der Waals surface area contributed by atoms with Crippen molar-refractivity contribution in [3.63, 3.8) is 0 Å². The highest BCUT2D eigenvalue weighted by molar-refractivity contribution is 9.10. The van der Waals surface area contributed by atoms with Crippen LogP contribution in [0.3, 0.4) is 0 Å². The number of nitrogens with one attached hydrogen (secondary N) is 2. The van der Waals surface area contributed by atoms with Gasteiger partial charge in [-0.2, -0.15) is 0 Å². The minimum atomic E-state index is -0.297. The number of hydrogen-bond acceptors (Lipinski definition) is 7. The average Bonchev–Trinajstić information content (AvgIpc) is 3.22. The molecular weight excluding hydrogens is 558 g/mol. The Balaban J connectivity index is 1.48. The van der Waals surface area contributed by atoms with Crippen LogP contribution in [-0.4, -0.2) is 37.3 Å². The molecule has 10 heteroatoms. The van der Waals surface area contributed by atoms with Crippen LogP contribution in [0.15, 0.2) is 81.1 Å². The van der Waals surface area contributed by atoms with Crippen molar-refractivity contribution in [3.05, 3.63) is 81.7 Å². The number of carbonyl (C=O) groups is 2. The van der Waals surface area contributed by atoms with Gasteiger partial charge in [-0.15, -0.1) is 0 Å². The van der Waals surface area contributed by atoms with Gasteiger partial charge in [0.2, 0.25) is 0 Å². The van der Waals surface area contributed by atoms with E-state index in [1.165, 1.54) is 11.8 Å². The van der Waals surface area contributed by atoms with Gasteiger partial charge in [0.25, 0.3) is 11.8 Å². The number of para-hydroxylation sites is 1. The van der Waals surface area contributed by atoms with Gasteiger partial charge >= 0.3 is 0 Å². The lowest BCUT2D eigenvalue weighted by Gasteiger charge is -2.15. The third-order valence-corrected chi connectivity index (χ3v) is 6.49. The van der Waals surface area contributed by atoms with Crippen molar-refractivity contribution >= 4 is 62.1 Å². The molecule has 0 spiro atoms. The zero-order valence-corrected chi connectivity index (χ0v) is 22.5. The summed E-state index contributed by atoms with van der Waals surface area (Å²) in [7, 11) is 1.60. The molecule has 0 bridgehead atoms. The number of halogens is 1. The molecule has 3 aromatic carbocycles. The molecule has 8 nitrogen and oxygen atoms in total. The Labute approximate surface area is 227 Å². The molecular formula is C27H24BrN3O5S. The van der Waals surface area contributed by atoms with E-state index in [-0.39, 0.29) is 18.4 Å². The van der Waals surface area contributed by atoms with Crippen molar-refractivity contribution in [2.75, 3.05) is 25.6 Å². The highest BCUT2D eigenvalue weighted by atomic mass is 79.9. The van der Waals surface area contributed by atoms with Crippen LogP contribution in [-0.2, 0) is 9.59 Å². The van der Waals surface area contributed by atoms with Crippen molar-refractivity contribution in [1.82, 2.24) is 5.32 Å². The monoisotopic (exact) mass is 581 g/mol. The molecule has 1 saturated heterocycles. The first-order valence-corrected chi connectivity index (χ1v) is 12.9. The summed E-state index contributed by atoms with van der Waals surface area (Å²) in [5, 5.41) is 6.04. The van der Waals surface area contributed by atoms with E-state index >= 15 is 0 Å². The number of nitrogens with zero attached hydrogens (tertiary/aromatic N) is 1. The molecule has 0 saturated carbocycles. The second kappa shape index (κ2) is 12.5. The molecule has 1 aliphatic rings. The van der Waals surface area contributed by atoms with Crippen molar-refractivity contribution in [2.45, 2.75) is 6.92 Å². The van der Waals surface area contributed by atoms with E-state index in [4.69, 9.17) is 14.2 Å². The lowest BCUT2D eigenvalue weighted by Crippen LogP contribution is -2.20. The number of thioether (sulfide) groups is 1. The van der Waals surface area contributed by atoms with E-state index in [1.54, 1.807) is 49.6 Å². The molecule has 0 unspecified atom stereocenters. The Kier molecular flexibility index (Phi) is 8.86. The second-order valence-electron chi connectivity index (χ2n) is 7.65. The summed E-state index contributed by atoms with van der Waals surface area (Å²) in [5.41, 5.74) is 2.10. The summed E-state index contributed by atoms with van der Waals surface area (Å²) < 4.78 is 17.3. The average molecular weight is 582 g/mol. The van der Waals surface area contributed by atoms with Crippen LogP contribution in [0, 0.1) is 0 Å². The topological polar surface area (TPSA) is 98.2 Å². The van der Waals surface area contributed by atoms with Gasteiger partial charge in [0, 0.05) is 5.69 Å². The summed E-state index contributed by atoms with van der Waals surface area (Å²) >= 11 is 4.75. The third-order valence-electron chi connectivity index (χ3n) is 4.99. The molecule has 1 aliphatic heterocycles. The van der Waals surface area contributed by atoms with Gasteiger partial charge in [0.15, 0.2) is 23.3 Å². The van der Waals surface area contributed by atoms with Crippen molar-refractivity contribution in [3.8, 4) is 17.2 Å². The standard InChI is InChI=1S/C27H24BrN3O5S/c1-3-35-22-14-17(13-21(28)25(22)36-16-24(32)29-18-7-5-4-6-8-18)15-23-26(33)31-27(37-23)30-19-9-11-20(34-2)12-10-19/h4-15H,3,16H2,1-2H3,(H,29,32)(H,30,31,33)/b23-15+. The maximum absolute atomic E-state index is 12.6.